The number of Topliss-reactive ketones (excluding diaryl/α,β-unsaturated/α-hetero) is 2. The van der Waals surface area contributed by atoms with Gasteiger partial charge in [-0.25, -0.2) is 0 Å². The van der Waals surface area contributed by atoms with Gasteiger partial charge in [-0.1, -0.05) is 45.0 Å². The SMILES string of the molecule is CN(C)c1cc(NCc2ccccc2C(C)(C)C)c(O)c2c1C[C@@H]1C[C@@H]3[C@@H](N(C)C)C(=O)C(C(N)=O)=C(O)[C@]3(O)C(=O)C1=C2O. The fourth-order valence-corrected chi connectivity index (χ4v) is 7.42. The van der Waals surface area contributed by atoms with Gasteiger partial charge in [-0.15, -0.1) is 0 Å². The largest absolute Gasteiger partial charge is 0.508 e. The lowest BCUT2D eigenvalue weighted by molar-refractivity contribution is -0.153. The van der Waals surface area contributed by atoms with Crippen LogP contribution in [0.3, 0.4) is 0 Å². The van der Waals surface area contributed by atoms with Crippen LogP contribution < -0.4 is 16.0 Å². The molecule has 3 aliphatic carbocycles. The summed E-state index contributed by atoms with van der Waals surface area (Å²) < 4.78 is 0. The molecule has 0 radical (unpaired) electrons. The first-order valence-corrected chi connectivity index (χ1v) is 15.0. The van der Waals surface area contributed by atoms with Crippen molar-refractivity contribution in [3.05, 3.63) is 69.5 Å². The van der Waals surface area contributed by atoms with Crippen molar-refractivity contribution in [3.63, 3.8) is 0 Å². The highest BCUT2D eigenvalue weighted by Crippen LogP contribution is 2.54. The second kappa shape index (κ2) is 10.9. The van der Waals surface area contributed by atoms with E-state index in [2.05, 4.69) is 32.2 Å². The summed E-state index contributed by atoms with van der Waals surface area (Å²) in [4.78, 5) is 43.1. The quantitative estimate of drug-likeness (QED) is 0.208. The van der Waals surface area contributed by atoms with Crippen molar-refractivity contribution >= 4 is 34.6 Å². The van der Waals surface area contributed by atoms with Crippen molar-refractivity contribution in [1.82, 2.24) is 4.90 Å². The van der Waals surface area contributed by atoms with E-state index in [0.717, 1.165) is 11.1 Å². The predicted molar refractivity (Wildman–Crippen MR) is 171 cm³/mol. The summed E-state index contributed by atoms with van der Waals surface area (Å²) in [5, 5.41) is 49.6. The summed E-state index contributed by atoms with van der Waals surface area (Å²) in [6, 6.07) is 8.66. The average Bonchev–Trinajstić information content (AvgIpc) is 2.93. The summed E-state index contributed by atoms with van der Waals surface area (Å²) in [6.45, 7) is 6.74. The van der Waals surface area contributed by atoms with Crippen LogP contribution in [0.2, 0.25) is 0 Å². The first-order chi connectivity index (χ1) is 20.9. The van der Waals surface area contributed by atoms with Crippen molar-refractivity contribution in [2.75, 3.05) is 38.4 Å². The number of aromatic hydroxyl groups is 1. The summed E-state index contributed by atoms with van der Waals surface area (Å²) in [5.74, 6) is -6.76. The Kier molecular flexibility index (Phi) is 7.78. The number of aliphatic hydroxyl groups is 3. The number of benzene rings is 2. The normalized spacial score (nSPS) is 24.8. The highest BCUT2D eigenvalue weighted by molar-refractivity contribution is 6.24. The van der Waals surface area contributed by atoms with E-state index in [-0.39, 0.29) is 35.1 Å². The number of ketones is 2. The standard InChI is InChI=1S/C34H42N4O7/c1-33(2,3)19-11-9-8-10-16(19)15-36-21-14-22(37(4)5)18-12-17-13-20-26(38(6)7)29(41)25(32(35)44)31(43)34(20,45)30(42)23(17)28(40)24(18)27(21)39/h8-11,14,17,20,26,36,39-40,43,45H,12-13,15H2,1-7H3,(H2,35,44)/t17-,20-,26-,34-/m1/s1. The Morgan fingerprint density at radius 1 is 1.09 bits per heavy atom. The number of hydrogen-bond acceptors (Lipinski definition) is 10. The molecule has 0 unspecified atom stereocenters. The van der Waals surface area contributed by atoms with Crippen LogP contribution in [0.15, 0.2) is 47.2 Å². The highest BCUT2D eigenvalue weighted by atomic mass is 16.3. The van der Waals surface area contributed by atoms with Gasteiger partial charge in [-0.3, -0.25) is 19.3 Å². The number of hydrogen-bond donors (Lipinski definition) is 6. The molecule has 0 saturated heterocycles. The number of aliphatic hydroxyl groups excluding tert-OH is 2. The molecule has 1 saturated carbocycles. The smallest absolute Gasteiger partial charge is 0.255 e. The van der Waals surface area contributed by atoms with Crippen LogP contribution in [0.5, 0.6) is 5.75 Å². The van der Waals surface area contributed by atoms with Gasteiger partial charge in [0.25, 0.3) is 5.91 Å². The Morgan fingerprint density at radius 2 is 1.73 bits per heavy atom. The second-order valence-electron chi connectivity index (χ2n) is 13.8. The summed E-state index contributed by atoms with van der Waals surface area (Å²) in [5.41, 5.74) is 5.45. The van der Waals surface area contributed by atoms with Gasteiger partial charge in [0.1, 0.15) is 22.8 Å². The molecule has 4 atom stereocenters. The zero-order valence-electron chi connectivity index (χ0n) is 26.7. The van der Waals surface area contributed by atoms with E-state index >= 15 is 0 Å². The molecule has 0 spiro atoms. The Morgan fingerprint density at radius 3 is 2.31 bits per heavy atom. The molecule has 5 rings (SSSR count). The Balaban J connectivity index is 1.65. The number of nitrogens with one attached hydrogen (secondary N) is 1. The fraction of sp³-hybridized carbons (Fsp3) is 0.441. The third-order valence-electron chi connectivity index (χ3n) is 9.47. The molecule has 0 heterocycles. The first kappa shape index (κ1) is 32.1. The number of primary amides is 1. The van der Waals surface area contributed by atoms with Crippen LogP contribution in [-0.4, -0.2) is 82.6 Å². The third-order valence-corrected chi connectivity index (χ3v) is 9.47. The van der Waals surface area contributed by atoms with Crippen molar-refractivity contribution < 1.29 is 34.8 Å². The molecule has 2 aromatic carbocycles. The maximum absolute atomic E-state index is 14.2. The van der Waals surface area contributed by atoms with E-state index in [1.165, 1.54) is 4.90 Å². The summed E-state index contributed by atoms with van der Waals surface area (Å²) in [7, 11) is 6.82. The zero-order chi connectivity index (χ0) is 33.3. The Labute approximate surface area is 262 Å². The number of likely N-dealkylation sites (N-methyl/N-ethyl adjacent to an activating group) is 1. The van der Waals surface area contributed by atoms with Crippen LogP contribution in [0.25, 0.3) is 5.76 Å². The Bertz CT molecular complexity index is 1680. The number of amides is 1. The van der Waals surface area contributed by atoms with E-state index < -0.39 is 58.0 Å². The van der Waals surface area contributed by atoms with Crippen molar-refractivity contribution in [2.24, 2.45) is 17.6 Å². The number of anilines is 2. The topological polar surface area (TPSA) is 177 Å². The number of phenolic OH excluding ortho intramolecular Hbond substituents is 1. The molecule has 3 aliphatic rings. The maximum atomic E-state index is 14.2. The lowest BCUT2D eigenvalue weighted by Gasteiger charge is -2.50. The number of nitrogens with zero attached hydrogens (tertiary/aromatic N) is 2. The summed E-state index contributed by atoms with van der Waals surface area (Å²) in [6.07, 6.45) is 0.242. The number of rotatable bonds is 6. The number of nitrogens with two attached hydrogens (primary N) is 1. The predicted octanol–water partition coefficient (Wildman–Crippen LogP) is 2.94. The van der Waals surface area contributed by atoms with E-state index in [0.29, 0.717) is 23.5 Å². The molecule has 45 heavy (non-hydrogen) atoms. The number of fused-ring (bicyclic) bond motifs is 3. The fourth-order valence-electron chi connectivity index (χ4n) is 7.42. The molecule has 1 amide bonds. The monoisotopic (exact) mass is 618 g/mol. The van der Waals surface area contributed by atoms with Crippen molar-refractivity contribution in [2.45, 2.75) is 57.2 Å². The molecular formula is C34H42N4O7. The second-order valence-corrected chi connectivity index (χ2v) is 13.8. The summed E-state index contributed by atoms with van der Waals surface area (Å²) >= 11 is 0. The lowest BCUT2D eigenvalue weighted by atomic mass is 9.57. The minimum Gasteiger partial charge on any atom is -0.508 e. The van der Waals surface area contributed by atoms with Crippen LogP contribution in [0.4, 0.5) is 11.4 Å². The molecule has 240 valence electrons. The molecule has 2 aromatic rings. The molecular weight excluding hydrogens is 576 g/mol. The van der Waals surface area contributed by atoms with Crippen LogP contribution in [0.1, 0.15) is 49.4 Å². The Hall–Kier alpha value is -4.35. The van der Waals surface area contributed by atoms with Gasteiger partial charge in [0.2, 0.25) is 5.78 Å². The van der Waals surface area contributed by atoms with Crippen molar-refractivity contribution in [3.8, 4) is 5.75 Å². The average molecular weight is 619 g/mol. The zero-order valence-corrected chi connectivity index (χ0v) is 26.7. The van der Waals surface area contributed by atoms with Gasteiger partial charge >= 0.3 is 0 Å². The van der Waals surface area contributed by atoms with Gasteiger partial charge < -0.3 is 36.4 Å². The molecule has 0 aromatic heterocycles. The van der Waals surface area contributed by atoms with Gasteiger partial charge in [0, 0.05) is 37.8 Å². The van der Waals surface area contributed by atoms with Gasteiger partial charge in [-0.05, 0) is 61.0 Å². The third kappa shape index (κ3) is 4.85. The van der Waals surface area contributed by atoms with E-state index in [4.69, 9.17) is 5.73 Å². The van der Waals surface area contributed by atoms with Crippen LogP contribution in [0, 0.1) is 11.8 Å². The molecule has 0 aliphatic heterocycles. The van der Waals surface area contributed by atoms with E-state index in [1.54, 1.807) is 20.2 Å². The molecule has 0 bridgehead atoms. The van der Waals surface area contributed by atoms with Crippen LogP contribution in [-0.2, 0) is 32.8 Å². The molecule has 11 heteroatoms. The minimum atomic E-state index is -2.68. The van der Waals surface area contributed by atoms with Crippen molar-refractivity contribution in [1.29, 1.82) is 0 Å². The lowest BCUT2D eigenvalue weighted by Crippen LogP contribution is -2.65. The van der Waals surface area contributed by atoms with Gasteiger partial charge in [0.15, 0.2) is 11.4 Å². The minimum absolute atomic E-state index is 0.0307. The first-order valence-electron chi connectivity index (χ1n) is 15.0. The van der Waals surface area contributed by atoms with Crippen LogP contribution >= 0.6 is 0 Å². The van der Waals surface area contributed by atoms with Gasteiger partial charge in [0.05, 0.1) is 17.3 Å². The molecule has 7 N–H and O–H groups in total. The number of carbonyl (C=O) groups excluding carboxylic acids is 3. The maximum Gasteiger partial charge on any atom is 0.255 e. The van der Waals surface area contributed by atoms with E-state index in [9.17, 15) is 34.8 Å². The number of phenols is 1. The molecule has 11 nitrogen and oxygen atoms in total. The highest BCUT2D eigenvalue weighted by Gasteiger charge is 2.64. The molecule has 1 fully saturated rings. The number of carbonyl (C=O) groups is 3. The van der Waals surface area contributed by atoms with E-state index in [1.807, 2.05) is 37.2 Å². The van der Waals surface area contributed by atoms with Gasteiger partial charge in [-0.2, -0.15) is 0 Å².